The number of nitriles is 1. The summed E-state index contributed by atoms with van der Waals surface area (Å²) in [4.78, 5) is 14.3. The molecule has 1 saturated heterocycles. The fourth-order valence-corrected chi connectivity index (χ4v) is 3.34. The van der Waals surface area contributed by atoms with Crippen molar-refractivity contribution in [2.45, 2.75) is 18.9 Å². The van der Waals surface area contributed by atoms with Gasteiger partial charge in [0.1, 0.15) is 0 Å². The maximum atomic E-state index is 12.4. The molecule has 20 heavy (non-hydrogen) atoms. The number of carbonyl (C=O) groups excluding carboxylic acids is 1. The summed E-state index contributed by atoms with van der Waals surface area (Å²) in [6.07, 6.45) is 2.23. The SMILES string of the molecule is Cl.N#Cc1ccc(C(=O)N2CC3CCC(N)C3C2)cc1. The lowest BCUT2D eigenvalue weighted by atomic mass is 9.98. The highest BCUT2D eigenvalue weighted by atomic mass is 35.5. The second-order valence-electron chi connectivity index (χ2n) is 5.56. The van der Waals surface area contributed by atoms with Crippen LogP contribution in [-0.4, -0.2) is 29.9 Å². The van der Waals surface area contributed by atoms with E-state index in [0.717, 1.165) is 25.9 Å². The minimum absolute atomic E-state index is 0. The molecule has 1 amide bonds. The lowest BCUT2D eigenvalue weighted by molar-refractivity contribution is 0.0779. The summed E-state index contributed by atoms with van der Waals surface area (Å²) in [5.74, 6) is 1.12. The van der Waals surface area contributed by atoms with Gasteiger partial charge in [0.05, 0.1) is 11.6 Å². The fraction of sp³-hybridized carbons (Fsp3) is 0.467. The summed E-state index contributed by atoms with van der Waals surface area (Å²) in [5, 5.41) is 8.76. The number of fused-ring (bicyclic) bond motifs is 1. The van der Waals surface area contributed by atoms with Crippen LogP contribution in [-0.2, 0) is 0 Å². The number of likely N-dealkylation sites (tertiary alicyclic amines) is 1. The molecule has 4 nitrogen and oxygen atoms in total. The zero-order valence-corrected chi connectivity index (χ0v) is 12.0. The van der Waals surface area contributed by atoms with Gasteiger partial charge in [-0.15, -0.1) is 12.4 Å². The van der Waals surface area contributed by atoms with E-state index in [2.05, 4.69) is 6.07 Å². The normalized spacial score (nSPS) is 27.6. The highest BCUT2D eigenvalue weighted by molar-refractivity contribution is 5.94. The van der Waals surface area contributed by atoms with Gasteiger partial charge in [-0.25, -0.2) is 0 Å². The molecule has 3 unspecified atom stereocenters. The Hall–Kier alpha value is -1.57. The molecule has 1 aliphatic heterocycles. The smallest absolute Gasteiger partial charge is 0.253 e. The fourth-order valence-electron chi connectivity index (χ4n) is 3.34. The highest BCUT2D eigenvalue weighted by Crippen LogP contribution is 2.37. The number of carbonyl (C=O) groups is 1. The molecule has 1 aliphatic carbocycles. The maximum Gasteiger partial charge on any atom is 0.253 e. The second kappa shape index (κ2) is 5.82. The van der Waals surface area contributed by atoms with Gasteiger partial charge in [0.25, 0.3) is 5.91 Å². The number of rotatable bonds is 1. The van der Waals surface area contributed by atoms with Crippen LogP contribution in [0.2, 0.25) is 0 Å². The monoisotopic (exact) mass is 291 g/mol. The predicted molar refractivity (Wildman–Crippen MR) is 78.5 cm³/mol. The van der Waals surface area contributed by atoms with E-state index in [0.29, 0.717) is 23.0 Å². The Balaban J connectivity index is 0.00000147. The third-order valence-electron chi connectivity index (χ3n) is 4.46. The molecule has 1 aromatic carbocycles. The number of halogens is 1. The number of nitrogens with zero attached hydrogens (tertiary/aromatic N) is 2. The lowest BCUT2D eigenvalue weighted by Gasteiger charge is -2.18. The van der Waals surface area contributed by atoms with Crippen LogP contribution in [0.4, 0.5) is 0 Å². The molecular weight excluding hydrogens is 274 g/mol. The van der Waals surface area contributed by atoms with Crippen molar-refractivity contribution in [3.8, 4) is 6.07 Å². The molecule has 0 bridgehead atoms. The van der Waals surface area contributed by atoms with Gasteiger partial charge in [0.15, 0.2) is 0 Å². The molecular formula is C15H18ClN3O. The summed E-state index contributed by atoms with van der Waals surface area (Å²) >= 11 is 0. The molecule has 2 N–H and O–H groups in total. The van der Waals surface area contributed by atoms with Gasteiger partial charge in [-0.1, -0.05) is 0 Å². The van der Waals surface area contributed by atoms with E-state index in [1.807, 2.05) is 4.90 Å². The number of benzene rings is 1. The Labute approximate surface area is 125 Å². The van der Waals surface area contributed by atoms with Gasteiger partial charge >= 0.3 is 0 Å². The Bertz CT molecular complexity index is 537. The Morgan fingerprint density at radius 1 is 1.25 bits per heavy atom. The minimum Gasteiger partial charge on any atom is -0.338 e. The summed E-state index contributed by atoms with van der Waals surface area (Å²) in [6.45, 7) is 1.61. The lowest BCUT2D eigenvalue weighted by Crippen LogP contribution is -2.33. The van der Waals surface area contributed by atoms with Crippen LogP contribution in [0, 0.1) is 23.2 Å². The van der Waals surface area contributed by atoms with Crippen molar-refractivity contribution in [2.24, 2.45) is 17.6 Å². The quantitative estimate of drug-likeness (QED) is 0.857. The van der Waals surface area contributed by atoms with Crippen LogP contribution in [0.3, 0.4) is 0 Å². The van der Waals surface area contributed by atoms with Crippen LogP contribution >= 0.6 is 12.4 Å². The van der Waals surface area contributed by atoms with E-state index in [-0.39, 0.29) is 24.4 Å². The van der Waals surface area contributed by atoms with Gasteiger partial charge in [-0.3, -0.25) is 4.79 Å². The van der Waals surface area contributed by atoms with Crippen LogP contribution in [0.25, 0.3) is 0 Å². The topological polar surface area (TPSA) is 70.1 Å². The molecule has 106 valence electrons. The number of hydrogen-bond acceptors (Lipinski definition) is 3. The van der Waals surface area contributed by atoms with Crippen molar-refractivity contribution >= 4 is 18.3 Å². The van der Waals surface area contributed by atoms with Crippen molar-refractivity contribution < 1.29 is 4.79 Å². The van der Waals surface area contributed by atoms with Gasteiger partial charge in [-0.2, -0.15) is 5.26 Å². The molecule has 3 rings (SSSR count). The molecule has 5 heteroatoms. The van der Waals surface area contributed by atoms with E-state index in [9.17, 15) is 4.79 Å². The van der Waals surface area contributed by atoms with Gasteiger partial charge < -0.3 is 10.6 Å². The first-order valence-electron chi connectivity index (χ1n) is 6.74. The summed E-state index contributed by atoms with van der Waals surface area (Å²) in [6, 6.07) is 9.16. The van der Waals surface area contributed by atoms with Gasteiger partial charge in [0.2, 0.25) is 0 Å². The third-order valence-corrected chi connectivity index (χ3v) is 4.46. The second-order valence-corrected chi connectivity index (χ2v) is 5.56. The first-order chi connectivity index (χ1) is 9.19. The average Bonchev–Trinajstić information content (AvgIpc) is 3.01. The van der Waals surface area contributed by atoms with Gasteiger partial charge in [0, 0.05) is 24.7 Å². The first kappa shape index (κ1) is 14.8. The van der Waals surface area contributed by atoms with Crippen molar-refractivity contribution in [2.75, 3.05) is 13.1 Å². The summed E-state index contributed by atoms with van der Waals surface area (Å²) < 4.78 is 0. The van der Waals surface area contributed by atoms with E-state index in [4.69, 9.17) is 11.0 Å². The van der Waals surface area contributed by atoms with Crippen molar-refractivity contribution in [1.82, 2.24) is 4.90 Å². The molecule has 3 atom stereocenters. The van der Waals surface area contributed by atoms with Crippen LogP contribution in [0.1, 0.15) is 28.8 Å². The highest BCUT2D eigenvalue weighted by Gasteiger charge is 2.42. The standard InChI is InChI=1S/C15H17N3O.ClH/c16-7-10-1-3-11(4-2-10)15(19)18-8-12-5-6-14(17)13(12)9-18;/h1-4,12-14H,5-6,8-9,17H2;1H. The largest absolute Gasteiger partial charge is 0.338 e. The zero-order chi connectivity index (χ0) is 13.4. The van der Waals surface area contributed by atoms with Crippen LogP contribution in [0.5, 0.6) is 0 Å². The van der Waals surface area contributed by atoms with Gasteiger partial charge in [-0.05, 0) is 48.9 Å². The zero-order valence-electron chi connectivity index (χ0n) is 11.2. The Morgan fingerprint density at radius 3 is 2.55 bits per heavy atom. The van der Waals surface area contributed by atoms with Crippen molar-refractivity contribution in [3.63, 3.8) is 0 Å². The van der Waals surface area contributed by atoms with Crippen LogP contribution in [0.15, 0.2) is 24.3 Å². The van der Waals surface area contributed by atoms with E-state index in [1.54, 1.807) is 24.3 Å². The number of nitrogens with two attached hydrogens (primary N) is 1. The van der Waals surface area contributed by atoms with Crippen LogP contribution < -0.4 is 5.73 Å². The van der Waals surface area contributed by atoms with E-state index >= 15 is 0 Å². The van der Waals surface area contributed by atoms with Crippen molar-refractivity contribution in [3.05, 3.63) is 35.4 Å². The predicted octanol–water partition coefficient (Wildman–Crippen LogP) is 1.79. The molecule has 2 aliphatic rings. The third kappa shape index (κ3) is 2.52. The average molecular weight is 292 g/mol. The minimum atomic E-state index is 0. The number of hydrogen-bond donors (Lipinski definition) is 1. The molecule has 1 aromatic rings. The molecule has 1 heterocycles. The summed E-state index contributed by atoms with van der Waals surface area (Å²) in [7, 11) is 0. The molecule has 0 aromatic heterocycles. The van der Waals surface area contributed by atoms with E-state index in [1.165, 1.54) is 0 Å². The first-order valence-corrected chi connectivity index (χ1v) is 6.74. The molecule has 2 fully saturated rings. The molecule has 0 radical (unpaired) electrons. The van der Waals surface area contributed by atoms with E-state index < -0.39 is 0 Å². The molecule has 0 spiro atoms. The molecule has 1 saturated carbocycles. The Morgan fingerprint density at radius 2 is 1.95 bits per heavy atom. The summed E-state index contributed by atoms with van der Waals surface area (Å²) in [5.41, 5.74) is 7.33. The Kier molecular flexibility index (Phi) is 4.32. The maximum absolute atomic E-state index is 12.4. The van der Waals surface area contributed by atoms with Crippen molar-refractivity contribution in [1.29, 1.82) is 5.26 Å². The number of amides is 1.